The summed E-state index contributed by atoms with van der Waals surface area (Å²) in [4.78, 5) is 27.6. The molecule has 8 nitrogen and oxygen atoms in total. The van der Waals surface area contributed by atoms with Crippen LogP contribution in [-0.4, -0.2) is 23.9 Å². The summed E-state index contributed by atoms with van der Waals surface area (Å²) in [6.07, 6.45) is 1.55. The highest BCUT2D eigenvalue weighted by Crippen LogP contribution is 2.34. The fourth-order valence-corrected chi connectivity index (χ4v) is 3.64. The fraction of sp³-hybridized carbons (Fsp3) is 0.154. The van der Waals surface area contributed by atoms with Crippen molar-refractivity contribution >= 4 is 23.6 Å². The van der Waals surface area contributed by atoms with E-state index in [4.69, 9.17) is 14.2 Å². The Kier molecular flexibility index (Phi) is 6.40. The molecule has 0 amide bonds. The van der Waals surface area contributed by atoms with Gasteiger partial charge in [0.25, 0.3) is 5.69 Å². The molecule has 4 rings (SSSR count). The van der Waals surface area contributed by atoms with Crippen molar-refractivity contribution in [3.63, 3.8) is 0 Å². The van der Waals surface area contributed by atoms with Gasteiger partial charge in [0, 0.05) is 22.8 Å². The first-order valence-electron chi connectivity index (χ1n) is 10.5. The van der Waals surface area contributed by atoms with Crippen LogP contribution in [0.5, 0.6) is 11.5 Å². The normalized spacial score (nSPS) is 14.0. The Morgan fingerprint density at radius 1 is 1.09 bits per heavy atom. The van der Waals surface area contributed by atoms with Gasteiger partial charge in [-0.3, -0.25) is 10.1 Å². The van der Waals surface area contributed by atoms with Gasteiger partial charge < -0.3 is 14.2 Å². The Balaban J connectivity index is 1.69. The molecule has 0 saturated heterocycles. The molecule has 0 spiro atoms. The predicted molar refractivity (Wildman–Crippen MR) is 127 cm³/mol. The maximum atomic E-state index is 12.6. The molecule has 0 N–H and O–H groups in total. The lowest BCUT2D eigenvalue weighted by Gasteiger charge is -2.14. The van der Waals surface area contributed by atoms with Crippen LogP contribution in [0.1, 0.15) is 27.8 Å². The first-order chi connectivity index (χ1) is 16.4. The zero-order valence-corrected chi connectivity index (χ0v) is 18.9. The van der Waals surface area contributed by atoms with Gasteiger partial charge in [0.2, 0.25) is 5.90 Å². The third-order valence-corrected chi connectivity index (χ3v) is 5.34. The van der Waals surface area contributed by atoms with Crippen molar-refractivity contribution < 1.29 is 23.9 Å². The zero-order valence-electron chi connectivity index (χ0n) is 18.9. The highest BCUT2D eigenvalue weighted by molar-refractivity contribution is 6.13. The standard InChI is InChI=1S/C26H22N2O6/c1-16-7-4-8-18(13-16)15-33-24-19(9-5-12-23(24)32-3)14-21-26(29)34-25(27-21)20-10-6-11-22(17(20)2)28(30)31/h4-14H,15H2,1-3H3/b21-14-. The average Bonchev–Trinajstić information content (AvgIpc) is 3.17. The van der Waals surface area contributed by atoms with Crippen LogP contribution in [0.4, 0.5) is 5.69 Å². The monoisotopic (exact) mass is 458 g/mol. The molecule has 0 fully saturated rings. The number of nitro groups is 1. The first kappa shape index (κ1) is 22.7. The minimum Gasteiger partial charge on any atom is -0.493 e. The summed E-state index contributed by atoms with van der Waals surface area (Å²) >= 11 is 0. The number of nitrogens with zero attached hydrogens (tertiary/aromatic N) is 2. The van der Waals surface area contributed by atoms with Crippen molar-refractivity contribution in [2.45, 2.75) is 20.5 Å². The molecule has 3 aromatic rings. The van der Waals surface area contributed by atoms with E-state index < -0.39 is 10.9 Å². The second-order valence-corrected chi connectivity index (χ2v) is 7.70. The van der Waals surface area contributed by atoms with E-state index in [0.717, 1.165) is 11.1 Å². The molecule has 1 heterocycles. The van der Waals surface area contributed by atoms with Crippen molar-refractivity contribution in [3.8, 4) is 11.5 Å². The Morgan fingerprint density at radius 2 is 1.85 bits per heavy atom. The lowest BCUT2D eigenvalue weighted by atomic mass is 10.1. The van der Waals surface area contributed by atoms with Crippen LogP contribution in [0.25, 0.3) is 6.08 Å². The maximum Gasteiger partial charge on any atom is 0.363 e. The number of carbonyl (C=O) groups excluding carboxylic acids is 1. The molecule has 0 unspecified atom stereocenters. The number of hydrogen-bond donors (Lipinski definition) is 0. The van der Waals surface area contributed by atoms with Gasteiger partial charge in [-0.2, -0.15) is 0 Å². The number of nitro benzene ring substituents is 1. The smallest absolute Gasteiger partial charge is 0.363 e. The minimum absolute atomic E-state index is 0.0163. The number of esters is 1. The number of para-hydroxylation sites is 1. The molecule has 172 valence electrons. The summed E-state index contributed by atoms with van der Waals surface area (Å²) < 4.78 is 16.9. The van der Waals surface area contributed by atoms with E-state index in [9.17, 15) is 14.9 Å². The summed E-state index contributed by atoms with van der Waals surface area (Å²) in [5, 5.41) is 11.3. The number of carbonyl (C=O) groups is 1. The number of ether oxygens (including phenoxy) is 3. The number of benzene rings is 3. The van der Waals surface area contributed by atoms with E-state index >= 15 is 0 Å². The molecular formula is C26H22N2O6. The minimum atomic E-state index is -0.659. The number of cyclic esters (lactones) is 1. The molecular weight excluding hydrogens is 436 g/mol. The molecule has 0 aliphatic carbocycles. The summed E-state index contributed by atoms with van der Waals surface area (Å²) in [7, 11) is 1.54. The van der Waals surface area contributed by atoms with Crippen LogP contribution in [0.3, 0.4) is 0 Å². The van der Waals surface area contributed by atoms with Gasteiger partial charge in [-0.1, -0.05) is 48.0 Å². The molecule has 0 saturated carbocycles. The summed E-state index contributed by atoms with van der Waals surface area (Å²) in [5.74, 6) is 0.324. The largest absolute Gasteiger partial charge is 0.493 e. The SMILES string of the molecule is COc1cccc(/C=C2\N=C(c3cccc([N+](=O)[O-])c3C)OC2=O)c1OCc1cccc(C)c1. The first-order valence-corrected chi connectivity index (χ1v) is 10.5. The highest BCUT2D eigenvalue weighted by Gasteiger charge is 2.28. The van der Waals surface area contributed by atoms with Gasteiger partial charge >= 0.3 is 5.97 Å². The van der Waals surface area contributed by atoms with Crippen molar-refractivity contribution in [1.82, 2.24) is 0 Å². The number of methoxy groups -OCH3 is 1. The summed E-state index contributed by atoms with van der Waals surface area (Å²) in [6.45, 7) is 3.90. The fourth-order valence-electron chi connectivity index (χ4n) is 3.64. The highest BCUT2D eigenvalue weighted by atomic mass is 16.6. The third kappa shape index (κ3) is 4.66. The Hall–Kier alpha value is -4.46. The molecule has 1 aliphatic rings. The molecule has 0 radical (unpaired) electrons. The average molecular weight is 458 g/mol. The van der Waals surface area contributed by atoms with E-state index in [-0.39, 0.29) is 17.3 Å². The van der Waals surface area contributed by atoms with Gasteiger partial charge in [-0.05, 0) is 37.6 Å². The predicted octanol–water partition coefficient (Wildman–Crippen LogP) is 5.14. The van der Waals surface area contributed by atoms with Gasteiger partial charge in [-0.15, -0.1) is 0 Å². The van der Waals surface area contributed by atoms with Gasteiger partial charge in [0.15, 0.2) is 17.2 Å². The van der Waals surface area contributed by atoms with E-state index in [1.54, 1.807) is 37.3 Å². The van der Waals surface area contributed by atoms with Crippen molar-refractivity contribution in [1.29, 1.82) is 0 Å². The van der Waals surface area contributed by atoms with E-state index in [2.05, 4.69) is 4.99 Å². The molecule has 3 aromatic carbocycles. The summed E-state index contributed by atoms with van der Waals surface area (Å²) in [6, 6.07) is 17.8. The second-order valence-electron chi connectivity index (χ2n) is 7.70. The summed E-state index contributed by atoms with van der Waals surface area (Å²) in [5.41, 5.74) is 3.42. The second kappa shape index (κ2) is 9.58. The number of hydrogen-bond acceptors (Lipinski definition) is 7. The van der Waals surface area contributed by atoms with Gasteiger partial charge in [-0.25, -0.2) is 9.79 Å². The third-order valence-electron chi connectivity index (χ3n) is 5.34. The molecule has 0 atom stereocenters. The lowest BCUT2D eigenvalue weighted by Crippen LogP contribution is -2.08. The van der Waals surface area contributed by atoms with E-state index in [1.165, 1.54) is 19.2 Å². The Labute approximate surface area is 196 Å². The van der Waals surface area contributed by atoms with Crippen molar-refractivity contribution in [2.24, 2.45) is 4.99 Å². The zero-order chi connectivity index (χ0) is 24.2. The van der Waals surface area contributed by atoms with Crippen LogP contribution in [0.2, 0.25) is 0 Å². The van der Waals surface area contributed by atoms with Crippen molar-refractivity contribution in [3.05, 3.63) is 104 Å². The maximum absolute atomic E-state index is 12.6. The van der Waals surface area contributed by atoms with Crippen LogP contribution in [0.15, 0.2) is 71.4 Å². The molecule has 8 heteroatoms. The van der Waals surface area contributed by atoms with Crippen LogP contribution < -0.4 is 9.47 Å². The number of aryl methyl sites for hydroxylation is 1. The lowest BCUT2D eigenvalue weighted by molar-refractivity contribution is -0.385. The number of aliphatic imine (C=N–C) groups is 1. The van der Waals surface area contributed by atoms with Crippen molar-refractivity contribution in [2.75, 3.05) is 7.11 Å². The molecule has 0 bridgehead atoms. The topological polar surface area (TPSA) is 100 Å². The quantitative estimate of drug-likeness (QED) is 0.210. The molecule has 34 heavy (non-hydrogen) atoms. The van der Waals surface area contributed by atoms with Crippen LogP contribution in [-0.2, 0) is 16.1 Å². The number of rotatable bonds is 7. The molecule has 1 aliphatic heterocycles. The van der Waals surface area contributed by atoms with Crippen LogP contribution in [0, 0.1) is 24.0 Å². The van der Waals surface area contributed by atoms with E-state index in [0.29, 0.717) is 34.8 Å². The van der Waals surface area contributed by atoms with E-state index in [1.807, 2.05) is 31.2 Å². The Bertz CT molecular complexity index is 1340. The van der Waals surface area contributed by atoms with Crippen LogP contribution >= 0.6 is 0 Å². The molecule has 0 aromatic heterocycles. The van der Waals surface area contributed by atoms with Gasteiger partial charge in [0.1, 0.15) is 6.61 Å². The Morgan fingerprint density at radius 3 is 2.59 bits per heavy atom. The van der Waals surface area contributed by atoms with Gasteiger partial charge in [0.05, 0.1) is 12.0 Å².